The van der Waals surface area contributed by atoms with Crippen LogP contribution in [0.25, 0.3) is 5.57 Å². The Labute approximate surface area is 143 Å². The molecule has 6 nitrogen and oxygen atoms in total. The molecule has 0 aliphatic heterocycles. The summed E-state index contributed by atoms with van der Waals surface area (Å²) < 4.78 is 57.3. The third-order valence-corrected chi connectivity index (χ3v) is 8.24. The average Bonchev–Trinajstić information content (AvgIpc) is 2.55. The maximum atomic E-state index is 12.5. The molecule has 24 heavy (non-hydrogen) atoms. The smallest absolute Gasteiger partial charge is 0.269 e. The van der Waals surface area contributed by atoms with Crippen molar-refractivity contribution < 1.29 is 25.2 Å². The molecular weight excluding hydrogens is 352 g/mol. The Kier molecular flexibility index (Phi) is 5.64. The number of benzene rings is 1. The molecule has 0 aromatic heterocycles. The SMILES string of the molecule is CCOS(=O)(=O)C1(S(=O)(=O)OCC)C=CC(c2ccccc2)=CC1. The molecule has 0 radical (unpaired) electrons. The van der Waals surface area contributed by atoms with E-state index in [0.29, 0.717) is 0 Å². The number of allylic oxidation sites excluding steroid dienone is 3. The van der Waals surface area contributed by atoms with Crippen LogP contribution in [0.4, 0.5) is 0 Å². The second-order valence-electron chi connectivity index (χ2n) is 5.10. The topological polar surface area (TPSA) is 86.7 Å². The third kappa shape index (κ3) is 3.32. The van der Waals surface area contributed by atoms with Crippen LogP contribution in [0.3, 0.4) is 0 Å². The van der Waals surface area contributed by atoms with Crippen molar-refractivity contribution in [3.05, 3.63) is 54.1 Å². The largest absolute Gasteiger partial charge is 0.294 e. The van der Waals surface area contributed by atoms with Crippen molar-refractivity contribution in [1.82, 2.24) is 0 Å². The van der Waals surface area contributed by atoms with Gasteiger partial charge >= 0.3 is 0 Å². The maximum absolute atomic E-state index is 12.5. The summed E-state index contributed by atoms with van der Waals surface area (Å²) in [6.07, 6.45) is 3.91. The van der Waals surface area contributed by atoms with Crippen molar-refractivity contribution >= 4 is 25.8 Å². The molecule has 1 aromatic carbocycles. The van der Waals surface area contributed by atoms with E-state index in [-0.39, 0.29) is 19.6 Å². The van der Waals surface area contributed by atoms with Crippen molar-refractivity contribution in [3.63, 3.8) is 0 Å². The molecule has 0 amide bonds. The standard InChI is InChI=1S/C16H20O6S2/c1-3-21-23(17,18)16(24(19,20)22-4-2)12-10-15(11-13-16)14-8-6-5-7-9-14/h5-12H,3-4,13H2,1-2H3. The lowest BCUT2D eigenvalue weighted by Crippen LogP contribution is -2.47. The van der Waals surface area contributed by atoms with Crippen LogP contribution in [0.1, 0.15) is 25.8 Å². The minimum atomic E-state index is -4.42. The molecule has 0 fully saturated rings. The van der Waals surface area contributed by atoms with E-state index in [1.807, 2.05) is 30.3 Å². The van der Waals surface area contributed by atoms with Crippen LogP contribution in [0.15, 0.2) is 48.6 Å². The summed E-state index contributed by atoms with van der Waals surface area (Å²) in [6.45, 7) is 2.65. The van der Waals surface area contributed by atoms with Crippen LogP contribution in [0.2, 0.25) is 0 Å². The van der Waals surface area contributed by atoms with Crippen molar-refractivity contribution in [2.75, 3.05) is 13.2 Å². The zero-order valence-corrected chi connectivity index (χ0v) is 15.1. The second-order valence-corrected chi connectivity index (χ2v) is 9.10. The van der Waals surface area contributed by atoms with Crippen LogP contribution < -0.4 is 0 Å². The van der Waals surface area contributed by atoms with Crippen molar-refractivity contribution in [2.24, 2.45) is 0 Å². The van der Waals surface area contributed by atoms with Gasteiger partial charge < -0.3 is 0 Å². The van der Waals surface area contributed by atoms with Gasteiger partial charge in [-0.15, -0.1) is 0 Å². The summed E-state index contributed by atoms with van der Waals surface area (Å²) in [7, 11) is -8.85. The Bertz CT molecular complexity index is 800. The predicted octanol–water partition coefficient (Wildman–Crippen LogP) is 2.46. The van der Waals surface area contributed by atoms with E-state index >= 15 is 0 Å². The van der Waals surface area contributed by atoms with Gasteiger partial charge in [-0.1, -0.05) is 42.5 Å². The highest BCUT2D eigenvalue weighted by Gasteiger charge is 2.55. The molecule has 0 bridgehead atoms. The first-order valence-electron chi connectivity index (χ1n) is 7.52. The lowest BCUT2D eigenvalue weighted by Gasteiger charge is -2.29. The number of hydrogen-bond acceptors (Lipinski definition) is 6. The lowest BCUT2D eigenvalue weighted by molar-refractivity contribution is 0.310. The van der Waals surface area contributed by atoms with Crippen LogP contribution in [0, 0.1) is 0 Å². The van der Waals surface area contributed by atoms with Gasteiger partial charge in [0.05, 0.1) is 13.2 Å². The molecule has 0 saturated carbocycles. The molecule has 1 aliphatic rings. The second kappa shape index (κ2) is 7.18. The summed E-state index contributed by atoms with van der Waals surface area (Å²) in [5, 5.41) is 0. The van der Waals surface area contributed by atoms with E-state index in [1.54, 1.807) is 6.08 Å². The molecule has 0 N–H and O–H groups in total. The van der Waals surface area contributed by atoms with Gasteiger partial charge in [0.1, 0.15) is 0 Å². The molecule has 0 saturated heterocycles. The van der Waals surface area contributed by atoms with Crippen molar-refractivity contribution in [2.45, 2.75) is 24.3 Å². The molecule has 0 spiro atoms. The first-order valence-corrected chi connectivity index (χ1v) is 10.3. The molecular formula is C16H20O6S2. The van der Waals surface area contributed by atoms with Gasteiger partial charge in [0.2, 0.25) is 4.08 Å². The Hall–Kier alpha value is -1.48. The van der Waals surface area contributed by atoms with Gasteiger partial charge in [-0.3, -0.25) is 8.37 Å². The zero-order chi connectivity index (χ0) is 17.8. The van der Waals surface area contributed by atoms with E-state index in [0.717, 1.165) is 17.2 Å². The molecule has 8 heteroatoms. The monoisotopic (exact) mass is 372 g/mol. The van der Waals surface area contributed by atoms with E-state index in [9.17, 15) is 16.8 Å². The summed E-state index contributed by atoms with van der Waals surface area (Å²) in [5.41, 5.74) is 1.61. The minimum Gasteiger partial charge on any atom is -0.269 e. The third-order valence-electron chi connectivity index (χ3n) is 3.62. The van der Waals surface area contributed by atoms with E-state index in [2.05, 4.69) is 0 Å². The van der Waals surface area contributed by atoms with E-state index < -0.39 is 24.3 Å². The van der Waals surface area contributed by atoms with Crippen LogP contribution in [-0.4, -0.2) is 34.1 Å². The molecule has 0 unspecified atom stereocenters. The molecule has 1 aromatic rings. The van der Waals surface area contributed by atoms with Gasteiger partial charge in [0, 0.05) is 6.42 Å². The first kappa shape index (κ1) is 18.9. The quantitative estimate of drug-likeness (QED) is 0.683. The summed E-state index contributed by atoms with van der Waals surface area (Å²) in [4.78, 5) is 0. The van der Waals surface area contributed by atoms with Crippen LogP contribution in [-0.2, 0) is 28.6 Å². The minimum absolute atomic E-state index is 0.158. The van der Waals surface area contributed by atoms with E-state index in [4.69, 9.17) is 8.37 Å². The molecule has 2 rings (SSSR count). The van der Waals surface area contributed by atoms with Crippen LogP contribution >= 0.6 is 0 Å². The van der Waals surface area contributed by atoms with Gasteiger partial charge in [0.15, 0.2) is 0 Å². The fraction of sp³-hybridized carbons (Fsp3) is 0.375. The van der Waals surface area contributed by atoms with Crippen LogP contribution in [0.5, 0.6) is 0 Å². The normalized spacial score (nSPS) is 17.5. The summed E-state index contributed by atoms with van der Waals surface area (Å²) >= 11 is 0. The highest BCUT2D eigenvalue weighted by Crippen LogP contribution is 2.38. The highest BCUT2D eigenvalue weighted by molar-refractivity contribution is 8.06. The predicted molar refractivity (Wildman–Crippen MR) is 92.0 cm³/mol. The molecule has 132 valence electrons. The van der Waals surface area contributed by atoms with Gasteiger partial charge in [0.25, 0.3) is 20.2 Å². The fourth-order valence-corrected chi connectivity index (χ4v) is 5.81. The molecule has 0 heterocycles. The van der Waals surface area contributed by atoms with Gasteiger partial charge in [-0.25, -0.2) is 0 Å². The number of rotatable bonds is 7. The van der Waals surface area contributed by atoms with Crippen molar-refractivity contribution in [3.8, 4) is 0 Å². The average molecular weight is 372 g/mol. The first-order chi connectivity index (χ1) is 11.3. The summed E-state index contributed by atoms with van der Waals surface area (Å²) in [6, 6.07) is 9.27. The highest BCUT2D eigenvalue weighted by atomic mass is 32.3. The zero-order valence-electron chi connectivity index (χ0n) is 13.5. The Morgan fingerprint density at radius 1 is 0.958 bits per heavy atom. The maximum Gasteiger partial charge on any atom is 0.294 e. The fourth-order valence-electron chi connectivity index (χ4n) is 2.46. The van der Waals surface area contributed by atoms with E-state index in [1.165, 1.54) is 19.9 Å². The van der Waals surface area contributed by atoms with Crippen molar-refractivity contribution in [1.29, 1.82) is 0 Å². The number of hydrogen-bond donors (Lipinski definition) is 0. The molecule has 0 atom stereocenters. The van der Waals surface area contributed by atoms with Gasteiger partial charge in [-0.05, 0) is 31.1 Å². The lowest BCUT2D eigenvalue weighted by atomic mass is 9.99. The summed E-state index contributed by atoms with van der Waals surface area (Å²) in [5.74, 6) is 0. The Morgan fingerprint density at radius 2 is 1.50 bits per heavy atom. The van der Waals surface area contributed by atoms with Gasteiger partial charge in [-0.2, -0.15) is 16.8 Å². The Morgan fingerprint density at radius 3 is 1.92 bits per heavy atom. The molecule has 1 aliphatic carbocycles. The Balaban J connectivity index is 2.50.